The molecule has 1 nitrogen and oxygen atoms in total. The summed E-state index contributed by atoms with van der Waals surface area (Å²) in [6.45, 7) is 8.49. The third-order valence-corrected chi connectivity index (χ3v) is 4.05. The molecule has 0 aromatic rings. The van der Waals surface area contributed by atoms with E-state index in [1.54, 1.807) is 0 Å². The maximum atomic E-state index is 2.75. The molecule has 0 spiro atoms. The molecule has 70 valence electrons. The molecule has 12 heavy (non-hydrogen) atoms. The fourth-order valence-corrected chi connectivity index (χ4v) is 2.87. The van der Waals surface area contributed by atoms with Gasteiger partial charge in [-0.2, -0.15) is 0 Å². The molecular weight excluding hydrogens is 146 g/mol. The minimum Gasteiger partial charge on any atom is -0.295 e. The highest BCUT2D eigenvalue weighted by molar-refractivity contribution is 4.98. The van der Waals surface area contributed by atoms with Crippen LogP contribution in [0, 0.1) is 5.92 Å². The standard InChI is InChI=1S/C11H21N/c1-4-11(2,3)12-8-9-5-6-10(12)7-9/h9-10H,4-8H2,1-3H3. The summed E-state index contributed by atoms with van der Waals surface area (Å²) in [6.07, 6.45) is 5.74. The van der Waals surface area contributed by atoms with Gasteiger partial charge in [-0.1, -0.05) is 6.92 Å². The van der Waals surface area contributed by atoms with Crippen molar-refractivity contribution in [1.82, 2.24) is 4.90 Å². The number of hydrogen-bond acceptors (Lipinski definition) is 1. The van der Waals surface area contributed by atoms with Gasteiger partial charge in [-0.25, -0.2) is 0 Å². The summed E-state index contributed by atoms with van der Waals surface area (Å²) in [5.74, 6) is 1.04. The van der Waals surface area contributed by atoms with Gasteiger partial charge in [0.15, 0.2) is 0 Å². The largest absolute Gasteiger partial charge is 0.295 e. The van der Waals surface area contributed by atoms with E-state index in [0.717, 1.165) is 12.0 Å². The number of fused-ring (bicyclic) bond motifs is 2. The normalized spacial score (nSPS) is 36.2. The van der Waals surface area contributed by atoms with Gasteiger partial charge in [0.05, 0.1) is 0 Å². The molecule has 1 aliphatic carbocycles. The van der Waals surface area contributed by atoms with Crippen LogP contribution in [0.4, 0.5) is 0 Å². The number of rotatable bonds is 2. The fourth-order valence-electron chi connectivity index (χ4n) is 2.87. The van der Waals surface area contributed by atoms with Crippen LogP contribution in [0.1, 0.15) is 46.5 Å². The Labute approximate surface area is 76.1 Å². The molecule has 0 aromatic carbocycles. The molecule has 2 unspecified atom stereocenters. The Balaban J connectivity index is 2.06. The van der Waals surface area contributed by atoms with Crippen molar-refractivity contribution >= 4 is 0 Å². The van der Waals surface area contributed by atoms with Crippen LogP contribution in [0.3, 0.4) is 0 Å². The maximum Gasteiger partial charge on any atom is 0.0153 e. The van der Waals surface area contributed by atoms with Gasteiger partial charge in [-0.05, 0) is 45.4 Å². The summed E-state index contributed by atoms with van der Waals surface area (Å²) in [4.78, 5) is 2.75. The number of nitrogens with zero attached hydrogens (tertiary/aromatic N) is 1. The molecule has 2 rings (SSSR count). The second-order valence-electron chi connectivity index (χ2n) is 5.15. The van der Waals surface area contributed by atoms with Crippen LogP contribution in [0.2, 0.25) is 0 Å². The first-order valence-corrected chi connectivity index (χ1v) is 5.40. The van der Waals surface area contributed by atoms with Crippen LogP contribution in [-0.4, -0.2) is 23.0 Å². The lowest BCUT2D eigenvalue weighted by Crippen LogP contribution is -2.47. The molecule has 1 heteroatoms. The summed E-state index contributed by atoms with van der Waals surface area (Å²) in [5, 5.41) is 0. The van der Waals surface area contributed by atoms with Gasteiger partial charge in [0.2, 0.25) is 0 Å². The molecule has 0 amide bonds. The Bertz CT molecular complexity index is 174. The van der Waals surface area contributed by atoms with Gasteiger partial charge in [-0.15, -0.1) is 0 Å². The molecule has 1 aliphatic heterocycles. The van der Waals surface area contributed by atoms with Crippen molar-refractivity contribution in [2.45, 2.75) is 58.0 Å². The highest BCUT2D eigenvalue weighted by Gasteiger charge is 2.43. The Hall–Kier alpha value is -0.0400. The van der Waals surface area contributed by atoms with Gasteiger partial charge < -0.3 is 0 Å². The van der Waals surface area contributed by atoms with E-state index in [0.29, 0.717) is 5.54 Å². The molecule has 1 saturated heterocycles. The van der Waals surface area contributed by atoms with E-state index in [2.05, 4.69) is 25.7 Å². The topological polar surface area (TPSA) is 3.24 Å². The average Bonchev–Trinajstić information content (AvgIpc) is 2.64. The summed E-state index contributed by atoms with van der Waals surface area (Å²) < 4.78 is 0. The van der Waals surface area contributed by atoms with Gasteiger partial charge in [0.1, 0.15) is 0 Å². The van der Waals surface area contributed by atoms with Gasteiger partial charge in [0, 0.05) is 18.1 Å². The van der Waals surface area contributed by atoms with Crippen molar-refractivity contribution in [2.75, 3.05) is 6.54 Å². The molecule has 0 radical (unpaired) electrons. The van der Waals surface area contributed by atoms with Gasteiger partial charge in [0.25, 0.3) is 0 Å². The van der Waals surface area contributed by atoms with Crippen molar-refractivity contribution in [3.63, 3.8) is 0 Å². The second kappa shape index (κ2) is 2.73. The SMILES string of the molecule is CCC(C)(C)N1CC2CCC1C2. The van der Waals surface area contributed by atoms with Crippen LogP contribution in [0.25, 0.3) is 0 Å². The minimum atomic E-state index is 0.458. The molecule has 2 bridgehead atoms. The minimum absolute atomic E-state index is 0.458. The first-order valence-electron chi connectivity index (χ1n) is 5.40. The highest BCUT2D eigenvalue weighted by Crippen LogP contribution is 2.41. The summed E-state index contributed by atoms with van der Waals surface area (Å²) in [7, 11) is 0. The quantitative estimate of drug-likeness (QED) is 0.611. The zero-order valence-corrected chi connectivity index (χ0v) is 8.64. The molecular formula is C11H21N. The first-order chi connectivity index (χ1) is 5.63. The molecule has 0 aromatic heterocycles. The Morgan fingerprint density at radius 1 is 1.33 bits per heavy atom. The third-order valence-electron chi connectivity index (χ3n) is 4.05. The van der Waals surface area contributed by atoms with E-state index < -0.39 is 0 Å². The second-order valence-corrected chi connectivity index (χ2v) is 5.15. The Morgan fingerprint density at radius 2 is 2.08 bits per heavy atom. The zero-order valence-electron chi connectivity index (χ0n) is 8.64. The van der Waals surface area contributed by atoms with E-state index in [-0.39, 0.29) is 0 Å². The lowest BCUT2D eigenvalue weighted by atomic mass is 9.96. The summed E-state index contributed by atoms with van der Waals surface area (Å²) in [6, 6.07) is 0.935. The number of piperidine rings is 1. The van der Waals surface area contributed by atoms with Crippen LogP contribution in [-0.2, 0) is 0 Å². The van der Waals surface area contributed by atoms with E-state index in [1.165, 1.54) is 32.2 Å². The van der Waals surface area contributed by atoms with Crippen LogP contribution in [0.5, 0.6) is 0 Å². The number of likely N-dealkylation sites (tertiary alicyclic amines) is 1. The Morgan fingerprint density at radius 3 is 2.50 bits per heavy atom. The van der Waals surface area contributed by atoms with Crippen molar-refractivity contribution in [1.29, 1.82) is 0 Å². The van der Waals surface area contributed by atoms with E-state index >= 15 is 0 Å². The molecule has 1 saturated carbocycles. The molecule has 0 N–H and O–H groups in total. The lowest BCUT2D eigenvalue weighted by molar-refractivity contribution is 0.0796. The summed E-state index contributed by atoms with van der Waals surface area (Å²) >= 11 is 0. The zero-order chi connectivity index (χ0) is 8.77. The predicted molar refractivity (Wildman–Crippen MR) is 52.2 cm³/mol. The highest BCUT2D eigenvalue weighted by atomic mass is 15.2. The average molecular weight is 167 g/mol. The maximum absolute atomic E-state index is 2.75. The van der Waals surface area contributed by atoms with E-state index in [1.807, 2.05) is 0 Å². The molecule has 1 heterocycles. The van der Waals surface area contributed by atoms with Crippen molar-refractivity contribution in [3.8, 4) is 0 Å². The van der Waals surface area contributed by atoms with Crippen molar-refractivity contribution in [3.05, 3.63) is 0 Å². The fraction of sp³-hybridized carbons (Fsp3) is 1.00. The summed E-state index contributed by atoms with van der Waals surface area (Å²) in [5.41, 5.74) is 0.458. The molecule has 2 aliphatic rings. The lowest BCUT2D eigenvalue weighted by Gasteiger charge is -2.41. The van der Waals surface area contributed by atoms with Crippen LogP contribution in [0.15, 0.2) is 0 Å². The van der Waals surface area contributed by atoms with Gasteiger partial charge in [-0.3, -0.25) is 4.90 Å². The van der Waals surface area contributed by atoms with Crippen LogP contribution < -0.4 is 0 Å². The molecule has 2 atom stereocenters. The monoisotopic (exact) mass is 167 g/mol. The molecule has 2 fully saturated rings. The van der Waals surface area contributed by atoms with E-state index in [9.17, 15) is 0 Å². The Kier molecular flexibility index (Phi) is 1.95. The third kappa shape index (κ3) is 1.19. The predicted octanol–water partition coefficient (Wildman–Crippen LogP) is 2.66. The van der Waals surface area contributed by atoms with Gasteiger partial charge >= 0.3 is 0 Å². The van der Waals surface area contributed by atoms with Crippen molar-refractivity contribution < 1.29 is 0 Å². The number of hydrogen-bond donors (Lipinski definition) is 0. The smallest absolute Gasteiger partial charge is 0.0153 e. The first kappa shape index (κ1) is 8.55. The van der Waals surface area contributed by atoms with E-state index in [4.69, 9.17) is 0 Å². The van der Waals surface area contributed by atoms with Crippen molar-refractivity contribution in [2.24, 2.45) is 5.92 Å². The van der Waals surface area contributed by atoms with Crippen LogP contribution >= 0.6 is 0 Å².